The Labute approximate surface area is 153 Å². The van der Waals surface area contributed by atoms with Crippen molar-refractivity contribution >= 4 is 13.3 Å². The molecule has 3 rings (SSSR count). The van der Waals surface area contributed by atoms with Crippen molar-refractivity contribution in [2.45, 2.75) is 57.2 Å². The van der Waals surface area contributed by atoms with Gasteiger partial charge in [0.05, 0.1) is 26.9 Å². The molecular weight excluding hydrogens is 324 g/mol. The van der Waals surface area contributed by atoms with Crippen LogP contribution in [0.2, 0.25) is 19.1 Å². The number of hydrogen-bond acceptors (Lipinski definition) is 2. The summed E-state index contributed by atoms with van der Waals surface area (Å²) < 4.78 is 12.1. The largest absolute Gasteiger partial charge is 0.377 e. The van der Waals surface area contributed by atoms with Gasteiger partial charge < -0.3 is 9.47 Å². The second kappa shape index (κ2) is 8.79. The zero-order chi connectivity index (χ0) is 17.5. The van der Waals surface area contributed by atoms with Crippen LogP contribution in [-0.4, -0.2) is 26.9 Å². The molecule has 2 aromatic rings. The summed E-state index contributed by atoms with van der Waals surface area (Å²) in [7, 11) is -1.41. The second-order valence-electron chi connectivity index (χ2n) is 7.74. The first kappa shape index (κ1) is 18.4. The van der Waals surface area contributed by atoms with Crippen LogP contribution in [-0.2, 0) is 16.1 Å². The number of hydrogen-bond donors (Lipinski definition) is 0. The summed E-state index contributed by atoms with van der Waals surface area (Å²) in [6.07, 6.45) is 4.20. The maximum absolute atomic E-state index is 6.33. The van der Waals surface area contributed by atoms with Gasteiger partial charge in [-0.25, -0.2) is 0 Å². The molecule has 2 atom stereocenters. The Hall–Kier alpha value is -1.42. The summed E-state index contributed by atoms with van der Waals surface area (Å²) in [5.41, 5.74) is 1.24. The second-order valence-corrected chi connectivity index (χ2v) is 12.5. The molecule has 134 valence electrons. The predicted octanol–water partition coefficient (Wildman–Crippen LogP) is 4.76. The molecule has 0 bridgehead atoms. The molecule has 1 fully saturated rings. The van der Waals surface area contributed by atoms with Crippen molar-refractivity contribution in [3.63, 3.8) is 0 Å². The minimum absolute atomic E-state index is 0.376. The maximum atomic E-state index is 6.33. The van der Waals surface area contributed by atoms with Crippen LogP contribution in [0.3, 0.4) is 0 Å². The first-order chi connectivity index (χ1) is 12.1. The van der Waals surface area contributed by atoms with Crippen LogP contribution in [0.4, 0.5) is 0 Å². The van der Waals surface area contributed by atoms with Gasteiger partial charge in [-0.1, -0.05) is 78.9 Å². The van der Waals surface area contributed by atoms with Gasteiger partial charge in [-0.3, -0.25) is 0 Å². The lowest BCUT2D eigenvalue weighted by Gasteiger charge is -2.26. The molecule has 1 heterocycles. The highest BCUT2D eigenvalue weighted by atomic mass is 28.3. The summed E-state index contributed by atoms with van der Waals surface area (Å²) in [5, 5.41) is 1.54. The van der Waals surface area contributed by atoms with Gasteiger partial charge in [-0.05, 0) is 30.9 Å². The van der Waals surface area contributed by atoms with E-state index in [-0.39, 0.29) is 0 Å². The molecule has 25 heavy (non-hydrogen) atoms. The smallest absolute Gasteiger partial charge is 0.0831 e. The molecule has 0 saturated carbocycles. The number of ether oxygens (including phenoxy) is 2. The zero-order valence-corrected chi connectivity index (χ0v) is 16.5. The van der Waals surface area contributed by atoms with E-state index < -0.39 is 8.07 Å². The third kappa shape index (κ3) is 5.53. The first-order valence-electron chi connectivity index (χ1n) is 9.46. The van der Waals surface area contributed by atoms with Crippen LogP contribution < -0.4 is 5.19 Å². The monoisotopic (exact) mass is 354 g/mol. The Bertz CT molecular complexity index is 627. The molecule has 0 unspecified atom stereocenters. The molecule has 0 aromatic heterocycles. The summed E-state index contributed by atoms with van der Waals surface area (Å²) in [6.45, 7) is 6.40. The predicted molar refractivity (Wildman–Crippen MR) is 107 cm³/mol. The van der Waals surface area contributed by atoms with Crippen LogP contribution >= 0.6 is 0 Å². The molecule has 0 aliphatic carbocycles. The lowest BCUT2D eigenvalue weighted by atomic mass is 10.1. The average molecular weight is 355 g/mol. The summed E-state index contributed by atoms with van der Waals surface area (Å²) in [5.74, 6) is 0. The summed E-state index contributed by atoms with van der Waals surface area (Å²) in [6, 6.07) is 22.6. The van der Waals surface area contributed by atoms with E-state index in [1.165, 1.54) is 29.6 Å². The maximum Gasteiger partial charge on any atom is 0.0831 e. The number of rotatable bonds is 8. The van der Waals surface area contributed by atoms with Gasteiger partial charge in [0.15, 0.2) is 0 Å². The molecule has 0 radical (unpaired) electrons. The van der Waals surface area contributed by atoms with Crippen molar-refractivity contribution in [1.82, 2.24) is 0 Å². The van der Waals surface area contributed by atoms with Crippen molar-refractivity contribution in [2.24, 2.45) is 0 Å². The van der Waals surface area contributed by atoms with Crippen molar-refractivity contribution in [3.8, 4) is 0 Å². The van der Waals surface area contributed by atoms with Gasteiger partial charge in [-0.2, -0.15) is 0 Å². The van der Waals surface area contributed by atoms with Gasteiger partial charge in [0.1, 0.15) is 0 Å². The van der Waals surface area contributed by atoms with Crippen LogP contribution in [0, 0.1) is 0 Å². The van der Waals surface area contributed by atoms with Crippen molar-refractivity contribution in [2.75, 3.05) is 6.61 Å². The van der Waals surface area contributed by atoms with E-state index in [0.29, 0.717) is 18.8 Å². The molecule has 0 spiro atoms. The van der Waals surface area contributed by atoms with Crippen LogP contribution in [0.5, 0.6) is 0 Å². The van der Waals surface area contributed by atoms with Gasteiger partial charge in [0.2, 0.25) is 0 Å². The van der Waals surface area contributed by atoms with Gasteiger partial charge >= 0.3 is 0 Å². The fourth-order valence-corrected chi connectivity index (χ4v) is 6.47. The molecule has 1 aliphatic rings. The molecule has 0 amide bonds. The molecule has 1 aliphatic heterocycles. The molecule has 0 N–H and O–H groups in total. The quantitative estimate of drug-likeness (QED) is 0.503. The first-order valence-corrected chi connectivity index (χ1v) is 12.7. The molecule has 3 heteroatoms. The molecule has 2 nitrogen and oxygen atoms in total. The molecule has 2 aromatic carbocycles. The average Bonchev–Trinajstić information content (AvgIpc) is 3.07. The zero-order valence-electron chi connectivity index (χ0n) is 15.5. The van der Waals surface area contributed by atoms with E-state index in [9.17, 15) is 0 Å². The Kier molecular flexibility index (Phi) is 6.46. The van der Waals surface area contributed by atoms with E-state index in [2.05, 4.69) is 67.7 Å². The topological polar surface area (TPSA) is 18.5 Å². The highest BCUT2D eigenvalue weighted by molar-refractivity contribution is 6.89. The SMILES string of the molecule is C[Si](C)(C[C@@H]1CC[C@H](CCOCc2ccccc2)O1)c1ccccc1. The minimum Gasteiger partial charge on any atom is -0.377 e. The Morgan fingerprint density at radius 3 is 2.28 bits per heavy atom. The fraction of sp³-hybridized carbons (Fsp3) is 0.455. The third-order valence-corrected chi connectivity index (χ3v) is 8.56. The van der Waals surface area contributed by atoms with Crippen molar-refractivity contribution in [3.05, 3.63) is 66.2 Å². The Balaban J connectivity index is 1.38. The number of benzene rings is 2. The molecule has 1 saturated heterocycles. The van der Waals surface area contributed by atoms with Gasteiger partial charge in [0.25, 0.3) is 0 Å². The highest BCUT2D eigenvalue weighted by Crippen LogP contribution is 2.28. The normalized spacial score (nSPS) is 20.7. The standard InChI is InChI=1S/C22H30O2Si/c1-25(2,22-11-7-4-8-12-22)18-21-14-13-20(24-21)15-16-23-17-19-9-5-3-6-10-19/h3-12,20-21H,13-18H2,1-2H3/t20-,21+/m1/s1. The minimum atomic E-state index is -1.41. The van der Waals surface area contributed by atoms with E-state index in [1.807, 2.05) is 6.07 Å². The van der Waals surface area contributed by atoms with Gasteiger partial charge in [-0.15, -0.1) is 0 Å². The van der Waals surface area contributed by atoms with Crippen LogP contribution in [0.15, 0.2) is 60.7 Å². The summed E-state index contributed by atoms with van der Waals surface area (Å²) >= 11 is 0. The van der Waals surface area contributed by atoms with Crippen LogP contribution in [0.25, 0.3) is 0 Å². The summed E-state index contributed by atoms with van der Waals surface area (Å²) in [4.78, 5) is 0. The van der Waals surface area contributed by atoms with Gasteiger partial charge in [0, 0.05) is 6.61 Å². The van der Waals surface area contributed by atoms with Crippen molar-refractivity contribution < 1.29 is 9.47 Å². The van der Waals surface area contributed by atoms with E-state index in [0.717, 1.165) is 13.0 Å². The van der Waals surface area contributed by atoms with E-state index in [1.54, 1.807) is 0 Å². The third-order valence-electron chi connectivity index (χ3n) is 5.18. The fourth-order valence-electron chi connectivity index (χ4n) is 3.70. The molecular formula is C22H30O2Si. The lowest BCUT2D eigenvalue weighted by molar-refractivity contribution is 0.0230. The Morgan fingerprint density at radius 2 is 1.56 bits per heavy atom. The lowest BCUT2D eigenvalue weighted by Crippen LogP contribution is -2.43. The van der Waals surface area contributed by atoms with Crippen molar-refractivity contribution in [1.29, 1.82) is 0 Å². The Morgan fingerprint density at radius 1 is 0.920 bits per heavy atom. The highest BCUT2D eigenvalue weighted by Gasteiger charge is 2.32. The van der Waals surface area contributed by atoms with E-state index in [4.69, 9.17) is 9.47 Å². The van der Waals surface area contributed by atoms with E-state index >= 15 is 0 Å². The van der Waals surface area contributed by atoms with Crippen LogP contribution in [0.1, 0.15) is 24.8 Å².